The maximum atomic E-state index is 12.7. The van der Waals surface area contributed by atoms with E-state index in [4.69, 9.17) is 4.74 Å². The lowest BCUT2D eigenvalue weighted by atomic mass is 10.0. The Morgan fingerprint density at radius 2 is 1.83 bits per heavy atom. The van der Waals surface area contributed by atoms with Crippen molar-refractivity contribution in [1.29, 1.82) is 0 Å². The molecule has 1 aliphatic rings. The number of carbonyl (C=O) groups excluding carboxylic acids is 1. The molecular formula is C24H22N4O2. The van der Waals surface area contributed by atoms with Crippen LogP contribution in [0.3, 0.4) is 0 Å². The minimum Gasteiger partial charge on any atom is -0.380 e. The van der Waals surface area contributed by atoms with Gasteiger partial charge < -0.3 is 19.9 Å². The summed E-state index contributed by atoms with van der Waals surface area (Å²) in [6.45, 7) is 4.11. The minimum atomic E-state index is -0.114. The summed E-state index contributed by atoms with van der Waals surface area (Å²) < 4.78 is 7.71. The molecule has 6 heteroatoms. The Labute approximate surface area is 174 Å². The zero-order valence-corrected chi connectivity index (χ0v) is 16.7. The maximum Gasteiger partial charge on any atom is 0.257 e. The first-order chi connectivity index (χ1) is 14.7. The molecule has 2 aromatic carbocycles. The minimum absolute atomic E-state index is 0.114. The maximum absolute atomic E-state index is 12.7. The Kier molecular flexibility index (Phi) is 4.69. The topological polar surface area (TPSA) is 68.2 Å². The summed E-state index contributed by atoms with van der Waals surface area (Å²) in [6, 6.07) is 15.7. The second-order valence-corrected chi connectivity index (χ2v) is 7.21. The Morgan fingerprint density at radius 3 is 2.67 bits per heavy atom. The van der Waals surface area contributed by atoms with Crippen molar-refractivity contribution in [3.8, 4) is 11.1 Å². The van der Waals surface area contributed by atoms with Crippen LogP contribution < -0.4 is 10.6 Å². The van der Waals surface area contributed by atoms with Gasteiger partial charge in [-0.15, -0.1) is 0 Å². The van der Waals surface area contributed by atoms with Crippen molar-refractivity contribution < 1.29 is 9.53 Å². The zero-order chi connectivity index (χ0) is 20.5. The monoisotopic (exact) mass is 398 g/mol. The summed E-state index contributed by atoms with van der Waals surface area (Å²) in [7, 11) is 0. The van der Waals surface area contributed by atoms with Gasteiger partial charge in [-0.3, -0.25) is 9.78 Å². The van der Waals surface area contributed by atoms with Gasteiger partial charge in [-0.2, -0.15) is 0 Å². The van der Waals surface area contributed by atoms with Gasteiger partial charge >= 0.3 is 0 Å². The third-order valence-corrected chi connectivity index (χ3v) is 5.39. The van der Waals surface area contributed by atoms with Crippen LogP contribution in [-0.2, 0) is 11.3 Å². The number of pyridine rings is 1. The highest BCUT2D eigenvalue weighted by Crippen LogP contribution is 2.36. The van der Waals surface area contributed by atoms with Crippen LogP contribution in [-0.4, -0.2) is 28.7 Å². The number of hydrogen-bond donors (Lipinski definition) is 2. The average molecular weight is 398 g/mol. The van der Waals surface area contributed by atoms with E-state index in [-0.39, 0.29) is 5.91 Å². The predicted molar refractivity (Wildman–Crippen MR) is 119 cm³/mol. The van der Waals surface area contributed by atoms with Crippen LogP contribution in [0.4, 0.5) is 17.1 Å². The van der Waals surface area contributed by atoms with Gasteiger partial charge in [-0.1, -0.05) is 18.2 Å². The second-order valence-electron chi connectivity index (χ2n) is 7.21. The van der Waals surface area contributed by atoms with Crippen LogP contribution in [0.5, 0.6) is 0 Å². The number of rotatable bonds is 5. The van der Waals surface area contributed by atoms with Crippen molar-refractivity contribution >= 4 is 33.9 Å². The van der Waals surface area contributed by atoms with Gasteiger partial charge in [0.15, 0.2) is 0 Å². The van der Waals surface area contributed by atoms with E-state index in [0.29, 0.717) is 18.8 Å². The molecule has 30 heavy (non-hydrogen) atoms. The normalized spacial score (nSPS) is 12.6. The van der Waals surface area contributed by atoms with E-state index in [1.807, 2.05) is 67.8 Å². The van der Waals surface area contributed by atoms with Gasteiger partial charge in [0.2, 0.25) is 0 Å². The molecule has 4 aromatic rings. The van der Waals surface area contributed by atoms with Gasteiger partial charge in [0.05, 0.1) is 40.9 Å². The molecule has 6 nitrogen and oxygen atoms in total. The number of nitrogens with zero attached hydrogens (tertiary/aromatic N) is 2. The van der Waals surface area contributed by atoms with Crippen LogP contribution in [0, 0.1) is 0 Å². The lowest BCUT2D eigenvalue weighted by molar-refractivity contribution is 0.102. The summed E-state index contributed by atoms with van der Waals surface area (Å²) in [5, 5.41) is 7.52. The van der Waals surface area contributed by atoms with E-state index < -0.39 is 0 Å². The van der Waals surface area contributed by atoms with Crippen LogP contribution in [0.2, 0.25) is 0 Å². The molecule has 2 N–H and O–H groups in total. The highest BCUT2D eigenvalue weighted by atomic mass is 16.5. The molecule has 1 aliphatic heterocycles. The first-order valence-electron chi connectivity index (χ1n) is 10.1. The highest BCUT2D eigenvalue weighted by Gasteiger charge is 2.20. The van der Waals surface area contributed by atoms with E-state index in [2.05, 4.69) is 26.4 Å². The van der Waals surface area contributed by atoms with Gasteiger partial charge in [0.1, 0.15) is 0 Å². The van der Waals surface area contributed by atoms with E-state index in [0.717, 1.165) is 45.6 Å². The van der Waals surface area contributed by atoms with Crippen molar-refractivity contribution in [2.75, 3.05) is 23.8 Å². The molecule has 0 radical (unpaired) electrons. The number of benzene rings is 2. The lowest BCUT2D eigenvalue weighted by Crippen LogP contribution is -2.10. The number of para-hydroxylation sites is 2. The van der Waals surface area contributed by atoms with E-state index in [1.165, 1.54) is 0 Å². The number of aromatic nitrogens is 2. The molecule has 0 unspecified atom stereocenters. The van der Waals surface area contributed by atoms with Crippen molar-refractivity contribution in [1.82, 2.24) is 9.55 Å². The van der Waals surface area contributed by atoms with E-state index >= 15 is 0 Å². The molecule has 0 spiro atoms. The third kappa shape index (κ3) is 3.21. The summed E-state index contributed by atoms with van der Waals surface area (Å²) in [6.07, 6.45) is 5.83. The Morgan fingerprint density at radius 1 is 1.00 bits per heavy atom. The van der Waals surface area contributed by atoms with Gasteiger partial charge in [-0.25, -0.2) is 0 Å². The number of hydrogen-bond acceptors (Lipinski definition) is 4. The molecule has 0 saturated carbocycles. The Hall–Kier alpha value is -3.64. The van der Waals surface area contributed by atoms with Crippen molar-refractivity contribution in [3.05, 3.63) is 72.7 Å². The first kappa shape index (κ1) is 18.4. The Balaban J connectivity index is 1.59. The van der Waals surface area contributed by atoms with Crippen molar-refractivity contribution in [2.24, 2.45) is 0 Å². The van der Waals surface area contributed by atoms with Crippen LogP contribution in [0.25, 0.3) is 22.0 Å². The molecule has 3 heterocycles. The smallest absolute Gasteiger partial charge is 0.257 e. The number of nitrogens with one attached hydrogen (secondary N) is 2. The molecule has 5 rings (SSSR count). The van der Waals surface area contributed by atoms with Crippen molar-refractivity contribution in [2.45, 2.75) is 13.5 Å². The first-order valence-corrected chi connectivity index (χ1v) is 10.1. The SMILES string of the molecule is CCOCCn1cc(-c2ccc3c(c2)Nc2ccccc2NC3=O)c2ccncc21. The molecular weight excluding hydrogens is 376 g/mol. The molecule has 1 amide bonds. The van der Waals surface area contributed by atoms with E-state index in [9.17, 15) is 4.79 Å². The van der Waals surface area contributed by atoms with Gasteiger partial charge in [0, 0.05) is 36.5 Å². The molecule has 0 atom stereocenters. The van der Waals surface area contributed by atoms with E-state index in [1.54, 1.807) is 0 Å². The largest absolute Gasteiger partial charge is 0.380 e. The molecule has 0 fully saturated rings. The number of fused-ring (bicyclic) bond motifs is 3. The molecule has 0 bridgehead atoms. The molecule has 2 aromatic heterocycles. The molecule has 0 aliphatic carbocycles. The standard InChI is InChI=1S/C24H22N4O2/c1-2-30-12-11-28-15-19(17-9-10-25-14-23(17)28)16-7-8-18-22(13-16)26-20-5-3-4-6-21(20)27-24(18)29/h3-10,13-15,26H,2,11-12H2,1H3,(H,27,29). The fourth-order valence-corrected chi connectivity index (χ4v) is 3.91. The summed E-state index contributed by atoms with van der Waals surface area (Å²) in [5.74, 6) is -0.114. The van der Waals surface area contributed by atoms with Gasteiger partial charge in [0.25, 0.3) is 5.91 Å². The number of carbonyl (C=O) groups is 1. The van der Waals surface area contributed by atoms with Crippen molar-refractivity contribution in [3.63, 3.8) is 0 Å². The summed E-state index contributed by atoms with van der Waals surface area (Å²) in [5.41, 5.74) is 6.28. The quantitative estimate of drug-likeness (QED) is 0.462. The Bertz CT molecular complexity index is 1250. The third-order valence-electron chi connectivity index (χ3n) is 5.39. The van der Waals surface area contributed by atoms with Crippen LogP contribution >= 0.6 is 0 Å². The molecule has 150 valence electrons. The highest BCUT2D eigenvalue weighted by molar-refractivity contribution is 6.12. The second kappa shape index (κ2) is 7.65. The zero-order valence-electron chi connectivity index (χ0n) is 16.7. The average Bonchev–Trinajstić information content (AvgIpc) is 3.06. The van der Waals surface area contributed by atoms with Gasteiger partial charge in [-0.05, 0) is 42.8 Å². The number of ether oxygens (including phenoxy) is 1. The number of amides is 1. The summed E-state index contributed by atoms with van der Waals surface area (Å²) in [4.78, 5) is 17.0. The number of anilines is 3. The predicted octanol–water partition coefficient (Wildman–Crippen LogP) is 5.05. The van der Waals surface area contributed by atoms with Crippen LogP contribution in [0.15, 0.2) is 67.1 Å². The fraction of sp³-hybridized carbons (Fsp3) is 0.167. The van der Waals surface area contributed by atoms with Crippen LogP contribution in [0.1, 0.15) is 17.3 Å². The summed E-state index contributed by atoms with van der Waals surface area (Å²) >= 11 is 0. The fourth-order valence-electron chi connectivity index (χ4n) is 3.91. The molecule has 0 saturated heterocycles. The lowest BCUT2D eigenvalue weighted by Gasteiger charge is -2.10.